The van der Waals surface area contributed by atoms with Gasteiger partial charge in [-0.05, 0) is 43.1 Å². The van der Waals surface area contributed by atoms with Gasteiger partial charge in [0.15, 0.2) is 0 Å². The summed E-state index contributed by atoms with van der Waals surface area (Å²) >= 11 is 0. The molecule has 0 N–H and O–H groups in total. The molecular formula is C19H32. The SMILES string of the molecule is Cc1ccc(CCCC(C)CCCC(C)(C)C)cc1. The fourth-order valence-electron chi connectivity index (χ4n) is 2.53. The van der Waals surface area contributed by atoms with Crippen LogP contribution in [0.3, 0.4) is 0 Å². The lowest BCUT2D eigenvalue weighted by molar-refractivity contribution is 0.337. The standard InChI is InChI=1S/C19H32/c1-16(9-7-15-19(3,4)5)8-6-10-18-13-11-17(2)12-14-18/h11-14,16H,6-10,15H2,1-5H3. The zero-order chi connectivity index (χ0) is 14.3. The van der Waals surface area contributed by atoms with Crippen LogP contribution in [0.4, 0.5) is 0 Å². The van der Waals surface area contributed by atoms with Crippen molar-refractivity contribution in [3.05, 3.63) is 35.4 Å². The highest BCUT2D eigenvalue weighted by Crippen LogP contribution is 2.24. The highest BCUT2D eigenvalue weighted by atomic mass is 14.2. The van der Waals surface area contributed by atoms with Crippen LogP contribution >= 0.6 is 0 Å². The van der Waals surface area contributed by atoms with Crippen LogP contribution in [0.5, 0.6) is 0 Å². The van der Waals surface area contributed by atoms with Gasteiger partial charge in [-0.3, -0.25) is 0 Å². The highest BCUT2D eigenvalue weighted by Gasteiger charge is 2.10. The molecule has 0 nitrogen and oxygen atoms in total. The second-order valence-electron chi connectivity index (χ2n) is 7.44. The smallest absolute Gasteiger partial charge is 0.0279 e. The van der Waals surface area contributed by atoms with Crippen molar-refractivity contribution in [2.45, 2.75) is 73.1 Å². The van der Waals surface area contributed by atoms with E-state index in [2.05, 4.69) is 58.9 Å². The van der Waals surface area contributed by atoms with Crippen molar-refractivity contribution >= 4 is 0 Å². The van der Waals surface area contributed by atoms with Crippen molar-refractivity contribution in [2.75, 3.05) is 0 Å². The summed E-state index contributed by atoms with van der Waals surface area (Å²) in [6.45, 7) is 11.6. The van der Waals surface area contributed by atoms with E-state index in [1.54, 1.807) is 0 Å². The molecule has 19 heavy (non-hydrogen) atoms. The van der Waals surface area contributed by atoms with Crippen molar-refractivity contribution in [1.29, 1.82) is 0 Å². The van der Waals surface area contributed by atoms with Crippen molar-refractivity contribution in [1.82, 2.24) is 0 Å². The molecule has 0 amide bonds. The van der Waals surface area contributed by atoms with Crippen LogP contribution in [-0.4, -0.2) is 0 Å². The number of rotatable bonds is 7. The van der Waals surface area contributed by atoms with Gasteiger partial charge >= 0.3 is 0 Å². The van der Waals surface area contributed by atoms with Crippen LogP contribution in [-0.2, 0) is 6.42 Å². The van der Waals surface area contributed by atoms with E-state index in [0.717, 1.165) is 5.92 Å². The Morgan fingerprint density at radius 3 is 2.11 bits per heavy atom. The van der Waals surface area contributed by atoms with Gasteiger partial charge in [0.1, 0.15) is 0 Å². The summed E-state index contributed by atoms with van der Waals surface area (Å²) < 4.78 is 0. The zero-order valence-electron chi connectivity index (χ0n) is 13.6. The van der Waals surface area contributed by atoms with Gasteiger partial charge < -0.3 is 0 Å². The summed E-state index contributed by atoms with van der Waals surface area (Å²) in [5, 5.41) is 0. The van der Waals surface area contributed by atoms with E-state index < -0.39 is 0 Å². The number of benzene rings is 1. The van der Waals surface area contributed by atoms with E-state index in [4.69, 9.17) is 0 Å². The van der Waals surface area contributed by atoms with Gasteiger partial charge in [-0.1, -0.05) is 76.8 Å². The second-order valence-corrected chi connectivity index (χ2v) is 7.44. The zero-order valence-corrected chi connectivity index (χ0v) is 13.6. The van der Waals surface area contributed by atoms with Gasteiger partial charge in [-0.25, -0.2) is 0 Å². The molecule has 0 aliphatic carbocycles. The maximum absolute atomic E-state index is 2.41. The van der Waals surface area contributed by atoms with Crippen LogP contribution in [0.2, 0.25) is 0 Å². The molecule has 0 fully saturated rings. The Balaban J connectivity index is 2.13. The molecule has 1 atom stereocenters. The van der Waals surface area contributed by atoms with Crippen molar-refractivity contribution in [3.8, 4) is 0 Å². The molecule has 0 heterocycles. The summed E-state index contributed by atoms with van der Waals surface area (Å²) in [5.41, 5.74) is 3.36. The molecule has 0 aliphatic rings. The van der Waals surface area contributed by atoms with E-state index in [1.807, 2.05) is 0 Å². The molecule has 1 unspecified atom stereocenters. The fraction of sp³-hybridized carbons (Fsp3) is 0.684. The molecule has 0 heteroatoms. The van der Waals surface area contributed by atoms with Gasteiger partial charge in [0.2, 0.25) is 0 Å². The van der Waals surface area contributed by atoms with Gasteiger partial charge in [0.25, 0.3) is 0 Å². The third-order valence-corrected chi connectivity index (χ3v) is 3.91. The Hall–Kier alpha value is -0.780. The Morgan fingerprint density at radius 2 is 1.53 bits per heavy atom. The lowest BCUT2D eigenvalue weighted by Gasteiger charge is -2.19. The van der Waals surface area contributed by atoms with E-state index in [-0.39, 0.29) is 0 Å². The molecule has 0 radical (unpaired) electrons. The third-order valence-electron chi connectivity index (χ3n) is 3.91. The van der Waals surface area contributed by atoms with Crippen LogP contribution in [0.1, 0.15) is 70.9 Å². The summed E-state index contributed by atoms with van der Waals surface area (Å²) in [7, 11) is 0. The van der Waals surface area contributed by atoms with Crippen molar-refractivity contribution in [3.63, 3.8) is 0 Å². The largest absolute Gasteiger partial charge is 0.0625 e. The normalized spacial score (nSPS) is 13.5. The Morgan fingerprint density at radius 1 is 0.947 bits per heavy atom. The van der Waals surface area contributed by atoms with Crippen molar-refractivity contribution < 1.29 is 0 Å². The first kappa shape index (κ1) is 16.3. The topological polar surface area (TPSA) is 0 Å². The fourth-order valence-corrected chi connectivity index (χ4v) is 2.53. The summed E-state index contributed by atoms with van der Waals surface area (Å²) in [6, 6.07) is 9.00. The molecule has 0 aromatic heterocycles. The van der Waals surface area contributed by atoms with Gasteiger partial charge in [0.05, 0.1) is 0 Å². The average molecular weight is 260 g/mol. The van der Waals surface area contributed by atoms with E-state index in [1.165, 1.54) is 49.7 Å². The minimum atomic E-state index is 0.502. The number of hydrogen-bond acceptors (Lipinski definition) is 0. The quantitative estimate of drug-likeness (QED) is 0.550. The number of hydrogen-bond donors (Lipinski definition) is 0. The van der Waals surface area contributed by atoms with Gasteiger partial charge in [-0.15, -0.1) is 0 Å². The maximum atomic E-state index is 2.41. The minimum absolute atomic E-state index is 0.502. The molecular weight excluding hydrogens is 228 g/mol. The van der Waals surface area contributed by atoms with Crippen molar-refractivity contribution in [2.24, 2.45) is 11.3 Å². The molecule has 108 valence electrons. The van der Waals surface area contributed by atoms with E-state index >= 15 is 0 Å². The van der Waals surface area contributed by atoms with E-state index in [0.29, 0.717) is 5.41 Å². The molecule has 1 aromatic rings. The lowest BCUT2D eigenvalue weighted by Crippen LogP contribution is -2.06. The highest BCUT2D eigenvalue weighted by molar-refractivity contribution is 5.21. The monoisotopic (exact) mass is 260 g/mol. The Labute approximate surface area is 120 Å². The van der Waals surface area contributed by atoms with Crippen LogP contribution in [0.25, 0.3) is 0 Å². The molecule has 0 saturated carbocycles. The lowest BCUT2D eigenvalue weighted by atomic mass is 9.87. The van der Waals surface area contributed by atoms with Crippen LogP contribution in [0, 0.1) is 18.3 Å². The minimum Gasteiger partial charge on any atom is -0.0625 e. The predicted octanol–water partition coefficient (Wildman–Crippen LogP) is 6.17. The third kappa shape index (κ3) is 8.08. The summed E-state index contributed by atoms with van der Waals surface area (Å²) in [5.74, 6) is 0.882. The maximum Gasteiger partial charge on any atom is -0.0279 e. The molecule has 1 rings (SSSR count). The molecule has 0 bridgehead atoms. The van der Waals surface area contributed by atoms with Gasteiger partial charge in [-0.2, -0.15) is 0 Å². The summed E-state index contributed by atoms with van der Waals surface area (Å²) in [4.78, 5) is 0. The average Bonchev–Trinajstić information content (AvgIpc) is 2.30. The first-order valence-corrected chi connectivity index (χ1v) is 7.92. The van der Waals surface area contributed by atoms with E-state index in [9.17, 15) is 0 Å². The van der Waals surface area contributed by atoms with Crippen LogP contribution in [0.15, 0.2) is 24.3 Å². The first-order valence-electron chi connectivity index (χ1n) is 7.92. The second kappa shape index (κ2) is 7.72. The Bertz CT molecular complexity index is 339. The molecule has 1 aromatic carbocycles. The van der Waals surface area contributed by atoms with Gasteiger partial charge in [0, 0.05) is 0 Å². The van der Waals surface area contributed by atoms with Crippen LogP contribution < -0.4 is 0 Å². The first-order chi connectivity index (χ1) is 8.87. The predicted molar refractivity (Wildman–Crippen MR) is 86.6 cm³/mol. The summed E-state index contributed by atoms with van der Waals surface area (Å²) in [6.07, 6.45) is 8.08. The molecule has 0 aliphatic heterocycles. The molecule has 0 spiro atoms. The Kier molecular flexibility index (Phi) is 6.62. The number of aryl methyl sites for hydroxylation is 2. The molecule has 0 saturated heterocycles.